The highest BCUT2D eigenvalue weighted by Gasteiger charge is 2.12. The predicted octanol–water partition coefficient (Wildman–Crippen LogP) is 1.45. The van der Waals surface area contributed by atoms with Gasteiger partial charge < -0.3 is 10.2 Å². The molecule has 1 rings (SSSR count). The first-order chi connectivity index (χ1) is 6.43. The monoisotopic (exact) mass is 186 g/mol. The predicted molar refractivity (Wildman–Crippen MR) is 54.5 cm³/mol. The van der Waals surface area contributed by atoms with Crippen LogP contribution in [0.25, 0.3) is 0 Å². The van der Waals surface area contributed by atoms with Crippen molar-refractivity contribution in [3.05, 3.63) is 0 Å². The van der Waals surface area contributed by atoms with Crippen molar-refractivity contribution in [1.29, 1.82) is 0 Å². The first-order valence-electron chi connectivity index (χ1n) is 5.45. The fourth-order valence-corrected chi connectivity index (χ4v) is 1.72. The summed E-state index contributed by atoms with van der Waals surface area (Å²) in [6, 6.07) is 0.614. The number of nitrogens with one attached hydrogen (secondary N) is 2. The van der Waals surface area contributed by atoms with E-state index in [1.807, 2.05) is 7.05 Å². The summed E-state index contributed by atoms with van der Waals surface area (Å²) in [5.41, 5.74) is 3.15. The molecule has 0 aromatic carbocycles. The summed E-state index contributed by atoms with van der Waals surface area (Å²) < 4.78 is 0. The fourth-order valence-electron chi connectivity index (χ4n) is 1.72. The smallest absolute Gasteiger partial charge is 0.0694 e. The summed E-state index contributed by atoms with van der Waals surface area (Å²) in [5, 5.41) is 3.10. The molecular formula is C10H22N2O. The van der Waals surface area contributed by atoms with Crippen LogP contribution in [0.2, 0.25) is 0 Å². The first kappa shape index (κ1) is 11.0. The van der Waals surface area contributed by atoms with Gasteiger partial charge in [0.15, 0.2) is 0 Å². The highest BCUT2D eigenvalue weighted by Crippen LogP contribution is 2.17. The van der Waals surface area contributed by atoms with E-state index in [-0.39, 0.29) is 0 Å². The van der Waals surface area contributed by atoms with Crippen LogP contribution in [0.15, 0.2) is 0 Å². The van der Waals surface area contributed by atoms with E-state index in [0.29, 0.717) is 6.04 Å². The zero-order valence-electron chi connectivity index (χ0n) is 8.64. The largest absolute Gasteiger partial charge is 0.320 e. The average Bonchev–Trinajstić information content (AvgIpc) is 2.19. The molecule has 78 valence electrons. The molecule has 3 heteroatoms. The Kier molecular flexibility index (Phi) is 6.15. The highest BCUT2D eigenvalue weighted by atomic mass is 16.6. The summed E-state index contributed by atoms with van der Waals surface area (Å²) >= 11 is 0. The van der Waals surface area contributed by atoms with Gasteiger partial charge >= 0.3 is 0 Å². The minimum atomic E-state index is 0.614. The van der Waals surface area contributed by atoms with E-state index in [1.165, 1.54) is 32.1 Å². The van der Waals surface area contributed by atoms with Crippen LogP contribution in [0.4, 0.5) is 0 Å². The maximum Gasteiger partial charge on any atom is 0.0694 e. The molecule has 1 aliphatic rings. The van der Waals surface area contributed by atoms with Crippen molar-refractivity contribution < 1.29 is 4.84 Å². The highest BCUT2D eigenvalue weighted by molar-refractivity contribution is 4.67. The van der Waals surface area contributed by atoms with E-state index in [9.17, 15) is 0 Å². The van der Waals surface area contributed by atoms with Crippen molar-refractivity contribution in [2.24, 2.45) is 0 Å². The molecule has 0 bridgehead atoms. The van der Waals surface area contributed by atoms with Gasteiger partial charge in [0.25, 0.3) is 0 Å². The van der Waals surface area contributed by atoms with Gasteiger partial charge in [-0.2, -0.15) is 5.48 Å². The normalized spacial score (nSPS) is 19.2. The Morgan fingerprint density at radius 1 is 1.23 bits per heavy atom. The Balaban J connectivity index is 1.86. The van der Waals surface area contributed by atoms with Gasteiger partial charge in [-0.15, -0.1) is 0 Å². The molecule has 1 saturated carbocycles. The summed E-state index contributed by atoms with van der Waals surface area (Å²) in [4.78, 5) is 5.39. The molecule has 13 heavy (non-hydrogen) atoms. The van der Waals surface area contributed by atoms with Crippen LogP contribution >= 0.6 is 0 Å². The molecule has 0 aromatic heterocycles. The molecule has 0 amide bonds. The molecule has 3 nitrogen and oxygen atoms in total. The van der Waals surface area contributed by atoms with Crippen LogP contribution in [-0.2, 0) is 4.84 Å². The summed E-state index contributed by atoms with van der Waals surface area (Å²) in [7, 11) is 1.97. The molecule has 2 N–H and O–H groups in total. The van der Waals surface area contributed by atoms with Crippen molar-refractivity contribution in [2.75, 3.05) is 20.2 Å². The van der Waals surface area contributed by atoms with E-state index in [4.69, 9.17) is 4.84 Å². The molecule has 0 saturated heterocycles. The molecule has 0 aliphatic heterocycles. The standard InChI is InChI=1S/C10H22N2O/c1-11-8-5-9-13-12-10-6-3-2-4-7-10/h10-12H,2-9H2,1H3. The van der Waals surface area contributed by atoms with E-state index in [0.717, 1.165) is 19.6 Å². The molecule has 0 atom stereocenters. The number of rotatable bonds is 6. The van der Waals surface area contributed by atoms with Gasteiger partial charge in [-0.3, -0.25) is 0 Å². The van der Waals surface area contributed by atoms with Crippen LogP contribution < -0.4 is 10.8 Å². The quantitative estimate of drug-likeness (QED) is 0.486. The van der Waals surface area contributed by atoms with Crippen LogP contribution in [-0.4, -0.2) is 26.2 Å². The molecular weight excluding hydrogens is 164 g/mol. The second kappa shape index (κ2) is 7.30. The van der Waals surface area contributed by atoms with Crippen LogP contribution in [0.1, 0.15) is 38.5 Å². The molecule has 1 aliphatic carbocycles. The van der Waals surface area contributed by atoms with E-state index >= 15 is 0 Å². The maximum absolute atomic E-state index is 5.39. The van der Waals surface area contributed by atoms with Crippen molar-refractivity contribution in [3.63, 3.8) is 0 Å². The lowest BCUT2D eigenvalue weighted by Gasteiger charge is -2.22. The van der Waals surface area contributed by atoms with E-state index < -0.39 is 0 Å². The van der Waals surface area contributed by atoms with Crippen LogP contribution in [0.5, 0.6) is 0 Å². The molecule has 0 unspecified atom stereocenters. The van der Waals surface area contributed by atoms with Gasteiger partial charge in [0, 0.05) is 6.04 Å². The third kappa shape index (κ3) is 5.24. The molecule has 0 aromatic rings. The Labute approximate surface area is 81.2 Å². The van der Waals surface area contributed by atoms with Gasteiger partial charge in [-0.1, -0.05) is 19.3 Å². The molecule has 0 spiro atoms. The van der Waals surface area contributed by atoms with Crippen LogP contribution in [0, 0.1) is 0 Å². The molecule has 0 heterocycles. The van der Waals surface area contributed by atoms with Crippen molar-refractivity contribution >= 4 is 0 Å². The Bertz CT molecular complexity index is 113. The van der Waals surface area contributed by atoms with Crippen molar-refractivity contribution in [2.45, 2.75) is 44.6 Å². The van der Waals surface area contributed by atoms with Gasteiger partial charge in [0.1, 0.15) is 0 Å². The number of hydrogen-bond acceptors (Lipinski definition) is 3. The minimum absolute atomic E-state index is 0.614. The third-order valence-corrected chi connectivity index (χ3v) is 2.53. The topological polar surface area (TPSA) is 33.3 Å². The Morgan fingerprint density at radius 3 is 2.69 bits per heavy atom. The van der Waals surface area contributed by atoms with Crippen LogP contribution in [0.3, 0.4) is 0 Å². The van der Waals surface area contributed by atoms with Gasteiger partial charge in [-0.05, 0) is 32.9 Å². The Morgan fingerprint density at radius 2 is 2.00 bits per heavy atom. The van der Waals surface area contributed by atoms with E-state index in [1.54, 1.807) is 0 Å². The lowest BCUT2D eigenvalue weighted by Crippen LogP contribution is -2.31. The molecule has 0 radical (unpaired) electrons. The minimum Gasteiger partial charge on any atom is -0.320 e. The summed E-state index contributed by atoms with van der Waals surface area (Å²) in [5.74, 6) is 0. The average molecular weight is 186 g/mol. The van der Waals surface area contributed by atoms with Crippen molar-refractivity contribution in [3.8, 4) is 0 Å². The van der Waals surface area contributed by atoms with E-state index in [2.05, 4.69) is 10.8 Å². The summed E-state index contributed by atoms with van der Waals surface area (Å²) in [6.07, 6.45) is 7.77. The van der Waals surface area contributed by atoms with Gasteiger partial charge in [0.2, 0.25) is 0 Å². The summed E-state index contributed by atoms with van der Waals surface area (Å²) in [6.45, 7) is 1.85. The molecule has 1 fully saturated rings. The number of hydroxylamine groups is 1. The lowest BCUT2D eigenvalue weighted by atomic mass is 9.96. The second-order valence-corrected chi connectivity index (χ2v) is 3.76. The lowest BCUT2D eigenvalue weighted by molar-refractivity contribution is 0.00633. The first-order valence-corrected chi connectivity index (χ1v) is 5.45. The SMILES string of the molecule is CNCCCONC1CCCCC1. The maximum atomic E-state index is 5.39. The zero-order chi connectivity index (χ0) is 9.36. The van der Waals surface area contributed by atoms with Crippen molar-refractivity contribution in [1.82, 2.24) is 10.8 Å². The second-order valence-electron chi connectivity index (χ2n) is 3.76. The Hall–Kier alpha value is -0.120. The number of hydrogen-bond donors (Lipinski definition) is 2. The third-order valence-electron chi connectivity index (χ3n) is 2.53. The van der Waals surface area contributed by atoms with Gasteiger partial charge in [-0.25, -0.2) is 0 Å². The fraction of sp³-hybridized carbons (Fsp3) is 1.00. The van der Waals surface area contributed by atoms with Gasteiger partial charge in [0.05, 0.1) is 6.61 Å². The zero-order valence-corrected chi connectivity index (χ0v) is 8.64.